The van der Waals surface area contributed by atoms with Gasteiger partial charge in [-0.15, -0.1) is 0 Å². The quantitative estimate of drug-likeness (QED) is 0.0338. The van der Waals surface area contributed by atoms with Gasteiger partial charge in [0.05, 0.1) is 32.0 Å². The van der Waals surface area contributed by atoms with E-state index in [-0.39, 0.29) is 12.8 Å². The van der Waals surface area contributed by atoms with Gasteiger partial charge in [-0.1, -0.05) is 200 Å². The smallest absolute Gasteiger partial charge is 0.249 e. The number of carbonyl (C=O) groups excluding carboxylic acids is 2. The fraction of sp³-hybridized carbons (Fsp3) is 0.962. The van der Waals surface area contributed by atoms with E-state index in [1.54, 1.807) is 0 Å². The SMILES string of the molecule is CCCCCCCCCCCCCCCCCCCCC[C@@H](O)C(=O)N[C@@H](CO[C@H]1O[C@H](CO)[C@H](O)[C@H](O[C@H]2O[C@H](CO)[C@H](O)[C@H](O)[C@H]2NC(C)=O)[C@H]1O)[C@H](O)[C@H](O)CCCCCCCCCCCC. The Morgan fingerprint density at radius 3 is 1.36 bits per heavy atom. The minimum Gasteiger partial charge on any atom is -0.394 e. The van der Waals surface area contributed by atoms with Crippen LogP contribution in [0, 0.1) is 0 Å². The van der Waals surface area contributed by atoms with Crippen LogP contribution >= 0.6 is 0 Å². The van der Waals surface area contributed by atoms with Crippen molar-refractivity contribution < 1.29 is 74.5 Å². The predicted molar refractivity (Wildman–Crippen MR) is 268 cm³/mol. The maximum atomic E-state index is 13.4. The van der Waals surface area contributed by atoms with E-state index in [2.05, 4.69) is 24.5 Å². The molecule has 414 valence electrons. The number of carbonyl (C=O) groups is 2. The van der Waals surface area contributed by atoms with Gasteiger partial charge in [0.25, 0.3) is 0 Å². The maximum absolute atomic E-state index is 13.4. The lowest BCUT2D eigenvalue weighted by molar-refractivity contribution is -0.348. The highest BCUT2D eigenvalue weighted by molar-refractivity contribution is 5.80. The molecule has 2 amide bonds. The van der Waals surface area contributed by atoms with Crippen LogP contribution in [0.4, 0.5) is 0 Å². The first-order valence-corrected chi connectivity index (χ1v) is 27.9. The number of rotatable bonds is 43. The summed E-state index contributed by atoms with van der Waals surface area (Å²) in [6.45, 7) is 3.53. The number of unbranched alkanes of at least 4 members (excludes halogenated alkanes) is 27. The van der Waals surface area contributed by atoms with Gasteiger partial charge >= 0.3 is 0 Å². The number of aliphatic hydroxyl groups excluding tert-OH is 9. The molecule has 0 bridgehead atoms. The number of amides is 2. The lowest BCUT2D eigenvalue weighted by Crippen LogP contribution is -2.68. The van der Waals surface area contributed by atoms with E-state index in [1.807, 2.05) is 0 Å². The number of nitrogens with one attached hydrogen (secondary N) is 2. The standard InChI is InChI=1S/C53H102N2O15/c1-4-6-8-10-12-14-16-17-18-19-20-21-22-23-24-26-28-30-32-34-41(60)51(66)55-39(45(61)40(59)33-31-29-27-25-15-13-11-9-7-5-2)37-67-53-49(65)50(47(63)43(36-57)69-53)70-52-44(54-38(3)58)48(64)46(62)42(35-56)68-52/h39-50,52-53,56-57,59-65H,4-37H2,1-3H3,(H,54,58)(H,55,66)/t39-,40+,41+,42+,43+,44+,45-,46-,47-,48+,49+,50-,52+,53-/m0/s1. The first kappa shape index (κ1) is 64.5. The van der Waals surface area contributed by atoms with Crippen molar-refractivity contribution in [3.63, 3.8) is 0 Å². The Hall–Kier alpha value is -1.58. The average Bonchev–Trinajstić information content (AvgIpc) is 3.34. The summed E-state index contributed by atoms with van der Waals surface area (Å²) in [6.07, 6.45) is 15.8. The molecule has 0 radical (unpaired) electrons. The van der Waals surface area contributed by atoms with Crippen molar-refractivity contribution in [2.45, 2.75) is 306 Å². The highest BCUT2D eigenvalue weighted by Gasteiger charge is 2.51. The van der Waals surface area contributed by atoms with Gasteiger partial charge in [0.2, 0.25) is 11.8 Å². The molecule has 11 N–H and O–H groups in total. The average molecular weight is 1010 g/mol. The number of ether oxygens (including phenoxy) is 4. The summed E-state index contributed by atoms with van der Waals surface area (Å²) in [4.78, 5) is 25.4. The summed E-state index contributed by atoms with van der Waals surface area (Å²) >= 11 is 0. The second kappa shape index (κ2) is 39.8. The summed E-state index contributed by atoms with van der Waals surface area (Å²) in [5, 5.41) is 102. The van der Waals surface area contributed by atoms with Crippen LogP contribution in [0.3, 0.4) is 0 Å². The topological polar surface area (TPSA) is 277 Å². The Balaban J connectivity index is 1.94. The minimum atomic E-state index is -1.85. The lowest BCUT2D eigenvalue weighted by Gasteiger charge is -2.47. The summed E-state index contributed by atoms with van der Waals surface area (Å²) in [6, 6.07) is -2.71. The molecule has 0 saturated carbocycles. The molecule has 0 aliphatic carbocycles. The van der Waals surface area contributed by atoms with E-state index in [1.165, 1.54) is 122 Å². The van der Waals surface area contributed by atoms with Gasteiger partial charge in [0.15, 0.2) is 12.6 Å². The molecule has 2 saturated heterocycles. The monoisotopic (exact) mass is 1010 g/mol. The lowest BCUT2D eigenvalue weighted by atomic mass is 9.95. The molecular formula is C53H102N2O15. The first-order valence-electron chi connectivity index (χ1n) is 27.9. The fourth-order valence-electron chi connectivity index (χ4n) is 9.62. The minimum absolute atomic E-state index is 0.195. The summed E-state index contributed by atoms with van der Waals surface area (Å²) in [5.41, 5.74) is 0. The van der Waals surface area contributed by atoms with Crippen molar-refractivity contribution in [2.75, 3.05) is 19.8 Å². The normalized spacial score (nSPS) is 26.7. The van der Waals surface area contributed by atoms with Crippen LogP contribution in [0.15, 0.2) is 0 Å². The molecule has 2 heterocycles. The number of aliphatic hydroxyl groups is 9. The number of hydrogen-bond donors (Lipinski definition) is 11. The summed E-state index contributed by atoms with van der Waals surface area (Å²) in [7, 11) is 0. The molecule has 0 aromatic carbocycles. The Morgan fingerprint density at radius 1 is 0.529 bits per heavy atom. The third kappa shape index (κ3) is 26.1. The van der Waals surface area contributed by atoms with E-state index < -0.39 is 117 Å². The molecule has 0 aromatic heterocycles. The van der Waals surface area contributed by atoms with Gasteiger partial charge in [-0.3, -0.25) is 9.59 Å². The van der Waals surface area contributed by atoms with Gasteiger partial charge in [-0.25, -0.2) is 0 Å². The zero-order chi connectivity index (χ0) is 51.5. The van der Waals surface area contributed by atoms with Crippen molar-refractivity contribution in [1.29, 1.82) is 0 Å². The third-order valence-corrected chi connectivity index (χ3v) is 14.2. The van der Waals surface area contributed by atoms with Crippen LogP contribution in [0.2, 0.25) is 0 Å². The Labute approximate surface area is 421 Å². The van der Waals surface area contributed by atoms with Crippen LogP contribution < -0.4 is 10.6 Å². The molecule has 0 aromatic rings. The molecule has 0 spiro atoms. The molecule has 17 heteroatoms. The third-order valence-electron chi connectivity index (χ3n) is 14.2. The van der Waals surface area contributed by atoms with Crippen molar-refractivity contribution in [3.05, 3.63) is 0 Å². The van der Waals surface area contributed by atoms with E-state index in [0.29, 0.717) is 12.8 Å². The highest BCUT2D eigenvalue weighted by Crippen LogP contribution is 2.30. The van der Waals surface area contributed by atoms with Crippen molar-refractivity contribution >= 4 is 11.8 Å². The molecule has 2 rings (SSSR count). The second-order valence-corrected chi connectivity index (χ2v) is 20.4. The van der Waals surface area contributed by atoms with Crippen LogP contribution in [0.5, 0.6) is 0 Å². The van der Waals surface area contributed by atoms with Crippen LogP contribution in [0.25, 0.3) is 0 Å². The Morgan fingerprint density at radius 2 is 0.929 bits per heavy atom. The van der Waals surface area contributed by atoms with E-state index in [9.17, 15) is 55.5 Å². The van der Waals surface area contributed by atoms with Crippen molar-refractivity contribution in [2.24, 2.45) is 0 Å². The maximum Gasteiger partial charge on any atom is 0.249 e. The fourth-order valence-corrected chi connectivity index (χ4v) is 9.62. The van der Waals surface area contributed by atoms with Gasteiger partial charge in [0.1, 0.15) is 61.0 Å². The molecule has 70 heavy (non-hydrogen) atoms. The first-order chi connectivity index (χ1) is 33.8. The van der Waals surface area contributed by atoms with Gasteiger partial charge in [-0.05, 0) is 12.8 Å². The molecule has 2 aliphatic heterocycles. The van der Waals surface area contributed by atoms with Crippen LogP contribution in [0.1, 0.15) is 220 Å². The van der Waals surface area contributed by atoms with E-state index in [4.69, 9.17) is 18.9 Å². The van der Waals surface area contributed by atoms with E-state index in [0.717, 1.165) is 58.3 Å². The predicted octanol–water partition coefficient (Wildman–Crippen LogP) is 5.47. The van der Waals surface area contributed by atoms with Crippen molar-refractivity contribution in [3.8, 4) is 0 Å². The van der Waals surface area contributed by atoms with Gasteiger partial charge in [-0.2, -0.15) is 0 Å². The Kier molecular flexibility index (Phi) is 36.7. The molecule has 14 atom stereocenters. The largest absolute Gasteiger partial charge is 0.394 e. The Bertz CT molecular complexity index is 1290. The molecule has 2 aliphatic rings. The van der Waals surface area contributed by atoms with Gasteiger partial charge in [0, 0.05) is 6.92 Å². The van der Waals surface area contributed by atoms with Crippen LogP contribution in [-0.4, -0.2) is 163 Å². The van der Waals surface area contributed by atoms with Crippen molar-refractivity contribution in [1.82, 2.24) is 10.6 Å². The summed E-state index contributed by atoms with van der Waals surface area (Å²) in [5.74, 6) is -1.40. The highest BCUT2D eigenvalue weighted by atomic mass is 16.7. The zero-order valence-electron chi connectivity index (χ0n) is 43.6. The molecule has 17 nitrogen and oxygen atoms in total. The van der Waals surface area contributed by atoms with E-state index >= 15 is 0 Å². The zero-order valence-corrected chi connectivity index (χ0v) is 43.6. The molecule has 2 fully saturated rings. The molecular weight excluding hydrogens is 905 g/mol. The second-order valence-electron chi connectivity index (χ2n) is 20.4. The molecule has 0 unspecified atom stereocenters. The van der Waals surface area contributed by atoms with Gasteiger partial charge < -0.3 is 75.5 Å². The van der Waals surface area contributed by atoms with Crippen LogP contribution in [-0.2, 0) is 28.5 Å². The summed E-state index contributed by atoms with van der Waals surface area (Å²) < 4.78 is 23.1. The number of hydrogen-bond acceptors (Lipinski definition) is 15.